The number of nitrogens with zero attached hydrogens (tertiary/aromatic N) is 3. The molecule has 1 amide bonds. The smallest absolute Gasteiger partial charge is 0.268 e. The molecular weight excluding hydrogens is 344 g/mol. The van der Waals surface area contributed by atoms with E-state index < -0.39 is 0 Å². The minimum Gasteiger partial charge on any atom is -0.379 e. The molecule has 2 aliphatic heterocycles. The molecule has 1 N–H and O–H groups in total. The summed E-state index contributed by atoms with van der Waals surface area (Å²) in [5, 5.41) is 3.11. The number of rotatable bonds is 7. The van der Waals surface area contributed by atoms with Gasteiger partial charge in [-0.2, -0.15) is 0 Å². The minimum atomic E-state index is -0.00906. The molecule has 0 aromatic carbocycles. The fourth-order valence-electron chi connectivity index (χ4n) is 4.02. The summed E-state index contributed by atoms with van der Waals surface area (Å²) in [6, 6.07) is 0. The highest BCUT2D eigenvalue weighted by Crippen LogP contribution is 2.31. The van der Waals surface area contributed by atoms with Gasteiger partial charge in [-0.25, -0.2) is 0 Å². The number of carbonyl (C=O) groups is 1. The first kappa shape index (κ1) is 19.9. The highest BCUT2D eigenvalue weighted by Gasteiger charge is 2.26. The fraction of sp³-hybridized carbons (Fsp3) is 0.650. The fourth-order valence-corrected chi connectivity index (χ4v) is 4.02. The van der Waals surface area contributed by atoms with Gasteiger partial charge >= 0.3 is 0 Å². The van der Waals surface area contributed by atoms with Crippen LogP contribution in [0.5, 0.6) is 0 Å². The normalized spacial score (nSPS) is 18.5. The van der Waals surface area contributed by atoms with Crippen molar-refractivity contribution in [3.8, 4) is 0 Å². The monoisotopic (exact) mass is 376 g/mol. The van der Waals surface area contributed by atoms with Gasteiger partial charge in [0.1, 0.15) is 5.69 Å². The first-order valence-electron chi connectivity index (χ1n) is 9.85. The number of morpholine rings is 2. The third-order valence-electron chi connectivity index (χ3n) is 5.40. The Bertz CT molecular complexity index is 659. The number of carbonyl (C=O) groups excluding carboxylic acids is 1. The SMILES string of the molecule is C=CCn1c(C)c(N2CCOCC2)c(C)c1C(=O)NCCN1CCOCC1. The van der Waals surface area contributed by atoms with Gasteiger partial charge in [-0.15, -0.1) is 6.58 Å². The van der Waals surface area contributed by atoms with E-state index in [1.165, 1.54) is 5.69 Å². The van der Waals surface area contributed by atoms with Gasteiger partial charge in [-0.05, 0) is 13.8 Å². The zero-order valence-electron chi connectivity index (χ0n) is 16.6. The molecule has 0 aliphatic carbocycles. The summed E-state index contributed by atoms with van der Waals surface area (Å²) in [6.07, 6.45) is 1.85. The van der Waals surface area contributed by atoms with Crippen molar-refractivity contribution < 1.29 is 14.3 Å². The van der Waals surface area contributed by atoms with E-state index in [0.717, 1.165) is 76.1 Å². The van der Waals surface area contributed by atoms with Crippen LogP contribution in [0.1, 0.15) is 21.7 Å². The Kier molecular flexibility index (Phi) is 6.93. The maximum Gasteiger partial charge on any atom is 0.268 e. The molecule has 7 nitrogen and oxygen atoms in total. The Balaban J connectivity index is 1.73. The summed E-state index contributed by atoms with van der Waals surface area (Å²) in [7, 11) is 0. The Morgan fingerprint density at radius 3 is 2.37 bits per heavy atom. The van der Waals surface area contributed by atoms with Crippen LogP contribution in [0.4, 0.5) is 5.69 Å². The predicted molar refractivity (Wildman–Crippen MR) is 107 cm³/mol. The van der Waals surface area contributed by atoms with Crippen molar-refractivity contribution in [1.82, 2.24) is 14.8 Å². The van der Waals surface area contributed by atoms with E-state index in [2.05, 4.69) is 33.2 Å². The molecular formula is C20H32N4O3. The van der Waals surface area contributed by atoms with E-state index in [0.29, 0.717) is 13.1 Å². The molecule has 2 fully saturated rings. The summed E-state index contributed by atoms with van der Waals surface area (Å²) >= 11 is 0. The molecule has 1 aromatic heterocycles. The molecule has 0 radical (unpaired) electrons. The van der Waals surface area contributed by atoms with E-state index in [1.54, 1.807) is 0 Å². The van der Waals surface area contributed by atoms with Crippen LogP contribution >= 0.6 is 0 Å². The van der Waals surface area contributed by atoms with Crippen LogP contribution in [0.25, 0.3) is 0 Å². The van der Waals surface area contributed by atoms with E-state index in [9.17, 15) is 4.79 Å². The molecule has 0 atom stereocenters. The van der Waals surface area contributed by atoms with E-state index in [-0.39, 0.29) is 5.91 Å². The van der Waals surface area contributed by atoms with Gasteiger partial charge in [-0.3, -0.25) is 9.69 Å². The quantitative estimate of drug-likeness (QED) is 0.725. The van der Waals surface area contributed by atoms with Gasteiger partial charge in [0, 0.05) is 57.1 Å². The maximum atomic E-state index is 13.0. The molecule has 3 rings (SSSR count). The number of hydrogen-bond donors (Lipinski definition) is 1. The highest BCUT2D eigenvalue weighted by molar-refractivity contribution is 5.96. The topological polar surface area (TPSA) is 59.0 Å². The van der Waals surface area contributed by atoms with Crippen molar-refractivity contribution in [3.05, 3.63) is 29.6 Å². The van der Waals surface area contributed by atoms with Crippen LogP contribution in [-0.4, -0.2) is 81.1 Å². The van der Waals surface area contributed by atoms with Crippen LogP contribution in [0.3, 0.4) is 0 Å². The number of amides is 1. The van der Waals surface area contributed by atoms with Crippen LogP contribution < -0.4 is 10.2 Å². The summed E-state index contributed by atoms with van der Waals surface area (Å²) in [5.41, 5.74) is 4.07. The number of aromatic nitrogens is 1. The Labute approximate surface area is 161 Å². The lowest BCUT2D eigenvalue weighted by molar-refractivity contribution is 0.0383. The first-order valence-corrected chi connectivity index (χ1v) is 9.85. The molecule has 3 heterocycles. The molecule has 7 heteroatoms. The van der Waals surface area contributed by atoms with E-state index in [1.807, 2.05) is 13.0 Å². The lowest BCUT2D eigenvalue weighted by atomic mass is 10.2. The lowest BCUT2D eigenvalue weighted by Gasteiger charge is -2.29. The Hall–Kier alpha value is -1.83. The molecule has 0 saturated carbocycles. The minimum absolute atomic E-state index is 0.00906. The average Bonchev–Trinajstić information content (AvgIpc) is 2.93. The van der Waals surface area contributed by atoms with Crippen LogP contribution in [0.2, 0.25) is 0 Å². The zero-order chi connectivity index (χ0) is 19.2. The Morgan fingerprint density at radius 2 is 1.74 bits per heavy atom. The third kappa shape index (κ3) is 4.54. The van der Waals surface area contributed by atoms with Gasteiger partial charge < -0.3 is 24.3 Å². The largest absolute Gasteiger partial charge is 0.379 e. The number of hydrogen-bond acceptors (Lipinski definition) is 5. The number of anilines is 1. The zero-order valence-corrected chi connectivity index (χ0v) is 16.6. The van der Waals surface area contributed by atoms with E-state index in [4.69, 9.17) is 9.47 Å². The Morgan fingerprint density at radius 1 is 1.11 bits per heavy atom. The van der Waals surface area contributed by atoms with Crippen LogP contribution in [0.15, 0.2) is 12.7 Å². The van der Waals surface area contributed by atoms with Gasteiger partial charge in [0.25, 0.3) is 5.91 Å². The number of ether oxygens (including phenoxy) is 2. The van der Waals surface area contributed by atoms with Crippen molar-refractivity contribution in [2.24, 2.45) is 0 Å². The van der Waals surface area contributed by atoms with Gasteiger partial charge in [0.15, 0.2) is 0 Å². The number of nitrogens with one attached hydrogen (secondary N) is 1. The van der Waals surface area contributed by atoms with Gasteiger partial charge in [-0.1, -0.05) is 6.08 Å². The standard InChI is InChI=1S/C20H32N4O3/c1-4-6-24-17(3)18(23-10-14-27-15-11-23)16(2)19(24)20(25)21-5-7-22-8-12-26-13-9-22/h4H,1,5-15H2,2-3H3,(H,21,25). The molecule has 1 aromatic rings. The van der Waals surface area contributed by atoms with Crippen molar-refractivity contribution in [2.75, 3.05) is 70.6 Å². The summed E-state index contributed by atoms with van der Waals surface area (Å²) in [4.78, 5) is 17.7. The molecule has 2 saturated heterocycles. The second-order valence-electron chi connectivity index (χ2n) is 7.12. The molecule has 0 bridgehead atoms. The second kappa shape index (κ2) is 9.39. The van der Waals surface area contributed by atoms with Crippen molar-refractivity contribution in [2.45, 2.75) is 20.4 Å². The van der Waals surface area contributed by atoms with Crippen molar-refractivity contribution >= 4 is 11.6 Å². The summed E-state index contributed by atoms with van der Waals surface area (Å²) in [5.74, 6) is -0.00906. The first-order chi connectivity index (χ1) is 13.1. The van der Waals surface area contributed by atoms with E-state index >= 15 is 0 Å². The average molecular weight is 377 g/mol. The second-order valence-corrected chi connectivity index (χ2v) is 7.12. The molecule has 0 spiro atoms. The lowest BCUT2D eigenvalue weighted by Crippen LogP contribution is -2.41. The number of allylic oxidation sites excluding steroid dienone is 1. The van der Waals surface area contributed by atoms with Crippen LogP contribution in [-0.2, 0) is 16.0 Å². The molecule has 2 aliphatic rings. The maximum absolute atomic E-state index is 13.0. The molecule has 150 valence electrons. The van der Waals surface area contributed by atoms with Gasteiger partial charge in [0.05, 0.1) is 32.1 Å². The van der Waals surface area contributed by atoms with Crippen molar-refractivity contribution in [1.29, 1.82) is 0 Å². The summed E-state index contributed by atoms with van der Waals surface area (Å²) in [6.45, 7) is 16.7. The summed E-state index contributed by atoms with van der Waals surface area (Å²) < 4.78 is 12.9. The van der Waals surface area contributed by atoms with Gasteiger partial charge in [0.2, 0.25) is 0 Å². The van der Waals surface area contributed by atoms with Crippen LogP contribution in [0, 0.1) is 13.8 Å². The van der Waals surface area contributed by atoms with Crippen molar-refractivity contribution in [3.63, 3.8) is 0 Å². The highest BCUT2D eigenvalue weighted by atomic mass is 16.5. The molecule has 0 unspecified atom stereocenters. The predicted octanol–water partition coefficient (Wildman–Crippen LogP) is 1.19. The third-order valence-corrected chi connectivity index (χ3v) is 5.40. The molecule has 27 heavy (non-hydrogen) atoms.